The monoisotopic (exact) mass is 307 g/mol. The average molecular weight is 307 g/mol. The summed E-state index contributed by atoms with van der Waals surface area (Å²) in [7, 11) is 0. The molecule has 0 amide bonds. The lowest BCUT2D eigenvalue weighted by Gasteiger charge is -2.38. The Kier molecular flexibility index (Phi) is 4.59. The summed E-state index contributed by atoms with van der Waals surface area (Å²) in [5.41, 5.74) is 8.71. The van der Waals surface area contributed by atoms with E-state index in [0.717, 1.165) is 37.2 Å². The van der Waals surface area contributed by atoms with Gasteiger partial charge in [-0.15, -0.1) is 0 Å². The maximum atomic E-state index is 12.5. The Hall–Kier alpha value is -2.38. The fourth-order valence-electron chi connectivity index (χ4n) is 3.42. The fraction of sp³-hybridized carbons (Fsp3) is 0.368. The van der Waals surface area contributed by atoms with E-state index in [-0.39, 0.29) is 17.7 Å². The Bertz CT molecular complexity index is 699. The molecule has 0 bridgehead atoms. The van der Waals surface area contributed by atoms with Crippen LogP contribution in [0, 0.1) is 17.2 Å². The van der Waals surface area contributed by atoms with Crippen molar-refractivity contribution in [3.8, 4) is 6.07 Å². The number of nitrogens with two attached hydrogens (primary N) is 1. The Morgan fingerprint density at radius 2 is 2.17 bits per heavy atom. The van der Waals surface area contributed by atoms with Crippen LogP contribution >= 0.6 is 0 Å². The molecule has 2 aliphatic rings. The number of carbonyl (C=O) groups excluding carboxylic acids is 1. The summed E-state index contributed by atoms with van der Waals surface area (Å²) in [6.07, 6.45) is 8.13. The lowest BCUT2D eigenvalue weighted by molar-refractivity contribution is -0.117. The van der Waals surface area contributed by atoms with E-state index < -0.39 is 0 Å². The minimum atomic E-state index is -0.222. The largest absolute Gasteiger partial charge is 0.373 e. The van der Waals surface area contributed by atoms with Crippen molar-refractivity contribution in [1.82, 2.24) is 4.90 Å². The molecule has 0 saturated carbocycles. The molecule has 1 unspecified atom stereocenters. The smallest absolute Gasteiger partial charge is 0.164 e. The van der Waals surface area contributed by atoms with E-state index in [1.54, 1.807) is 12.1 Å². The standard InChI is InChI=1S/C19H21N3O/c20-12-15-6-2-1-5-14(15)11-17-18(8-3-9-19(17)23)22-10-4-7-16(21)13-22/h1-3,5-6,8-9,16-17H,4,7,10-11,13,21H2/t16-,17?/m1/s1. The van der Waals surface area contributed by atoms with Crippen molar-refractivity contribution in [2.24, 2.45) is 11.7 Å². The van der Waals surface area contributed by atoms with E-state index in [1.165, 1.54) is 0 Å². The third-order valence-electron chi connectivity index (χ3n) is 4.61. The molecular weight excluding hydrogens is 286 g/mol. The Labute approximate surface area is 136 Å². The van der Waals surface area contributed by atoms with E-state index in [4.69, 9.17) is 5.73 Å². The summed E-state index contributed by atoms with van der Waals surface area (Å²) < 4.78 is 0. The summed E-state index contributed by atoms with van der Waals surface area (Å²) in [6, 6.07) is 9.89. The molecule has 1 heterocycles. The molecule has 0 spiro atoms. The van der Waals surface area contributed by atoms with Gasteiger partial charge in [0.15, 0.2) is 5.78 Å². The number of carbonyl (C=O) groups is 1. The molecule has 4 nitrogen and oxygen atoms in total. The van der Waals surface area contributed by atoms with Crippen LogP contribution in [0.2, 0.25) is 0 Å². The number of allylic oxidation sites excluding steroid dienone is 4. The van der Waals surface area contributed by atoms with Gasteiger partial charge in [0, 0.05) is 24.8 Å². The zero-order chi connectivity index (χ0) is 16.2. The second kappa shape index (κ2) is 6.80. The van der Waals surface area contributed by atoms with Crippen LogP contribution in [0.3, 0.4) is 0 Å². The molecule has 118 valence electrons. The van der Waals surface area contributed by atoms with Crippen LogP contribution in [0.15, 0.2) is 48.2 Å². The van der Waals surface area contributed by atoms with Gasteiger partial charge in [0.1, 0.15) is 0 Å². The van der Waals surface area contributed by atoms with Crippen LogP contribution in [-0.2, 0) is 11.2 Å². The summed E-state index contributed by atoms with van der Waals surface area (Å²) in [4.78, 5) is 14.7. The predicted molar refractivity (Wildman–Crippen MR) is 89.4 cm³/mol. The zero-order valence-electron chi connectivity index (χ0n) is 13.1. The molecular formula is C19H21N3O. The van der Waals surface area contributed by atoms with Gasteiger partial charge < -0.3 is 10.6 Å². The molecule has 1 fully saturated rings. The maximum Gasteiger partial charge on any atom is 0.164 e. The van der Waals surface area contributed by atoms with Crippen LogP contribution in [0.25, 0.3) is 0 Å². The first-order valence-electron chi connectivity index (χ1n) is 8.09. The number of ketones is 1. The van der Waals surface area contributed by atoms with Crippen molar-refractivity contribution in [3.63, 3.8) is 0 Å². The first kappa shape index (κ1) is 15.5. The van der Waals surface area contributed by atoms with Gasteiger partial charge in [0.25, 0.3) is 0 Å². The predicted octanol–water partition coefficient (Wildman–Crippen LogP) is 2.16. The Balaban J connectivity index is 1.86. The highest BCUT2D eigenvalue weighted by molar-refractivity contribution is 5.95. The Morgan fingerprint density at radius 3 is 2.96 bits per heavy atom. The second-order valence-electron chi connectivity index (χ2n) is 6.23. The molecule has 1 aromatic rings. The zero-order valence-corrected chi connectivity index (χ0v) is 13.1. The first-order valence-corrected chi connectivity index (χ1v) is 8.09. The third kappa shape index (κ3) is 3.35. The number of piperidine rings is 1. The first-order chi connectivity index (χ1) is 11.2. The van der Waals surface area contributed by atoms with Crippen LogP contribution in [0.5, 0.6) is 0 Å². The third-order valence-corrected chi connectivity index (χ3v) is 4.61. The SMILES string of the molecule is N#Cc1ccccc1CC1C(=O)C=CC=C1N1CCC[C@@H](N)C1. The molecule has 23 heavy (non-hydrogen) atoms. The van der Waals surface area contributed by atoms with E-state index in [1.807, 2.05) is 30.4 Å². The van der Waals surface area contributed by atoms with Gasteiger partial charge in [-0.1, -0.05) is 24.3 Å². The molecule has 4 heteroatoms. The molecule has 1 saturated heterocycles. The van der Waals surface area contributed by atoms with Gasteiger partial charge in [0.05, 0.1) is 17.6 Å². The van der Waals surface area contributed by atoms with Crippen molar-refractivity contribution in [3.05, 3.63) is 59.3 Å². The number of benzene rings is 1. The number of nitrogens with zero attached hydrogens (tertiary/aromatic N) is 2. The van der Waals surface area contributed by atoms with Crippen molar-refractivity contribution in [1.29, 1.82) is 5.26 Å². The molecule has 1 aliphatic heterocycles. The second-order valence-corrected chi connectivity index (χ2v) is 6.23. The number of hydrogen-bond acceptors (Lipinski definition) is 4. The molecule has 2 N–H and O–H groups in total. The minimum Gasteiger partial charge on any atom is -0.373 e. The van der Waals surface area contributed by atoms with Gasteiger partial charge in [0.2, 0.25) is 0 Å². The van der Waals surface area contributed by atoms with Gasteiger partial charge in [-0.3, -0.25) is 4.79 Å². The number of hydrogen-bond donors (Lipinski definition) is 1. The van der Waals surface area contributed by atoms with Gasteiger partial charge in [-0.2, -0.15) is 5.26 Å². The number of likely N-dealkylation sites (tertiary alicyclic amines) is 1. The van der Waals surface area contributed by atoms with E-state index >= 15 is 0 Å². The summed E-state index contributed by atoms with van der Waals surface area (Å²) in [5, 5.41) is 9.27. The summed E-state index contributed by atoms with van der Waals surface area (Å²) in [5.74, 6) is -0.116. The summed E-state index contributed by atoms with van der Waals surface area (Å²) >= 11 is 0. The lowest BCUT2D eigenvalue weighted by atomic mass is 9.86. The van der Waals surface area contributed by atoms with E-state index in [9.17, 15) is 10.1 Å². The molecule has 3 rings (SSSR count). The van der Waals surface area contributed by atoms with Crippen LogP contribution < -0.4 is 5.73 Å². The van der Waals surface area contributed by atoms with Crippen molar-refractivity contribution in [2.75, 3.05) is 13.1 Å². The highest BCUT2D eigenvalue weighted by Crippen LogP contribution is 2.28. The molecule has 2 atom stereocenters. The Morgan fingerprint density at radius 1 is 1.35 bits per heavy atom. The van der Waals surface area contributed by atoms with Gasteiger partial charge in [-0.25, -0.2) is 0 Å². The van der Waals surface area contributed by atoms with Gasteiger partial charge >= 0.3 is 0 Å². The van der Waals surface area contributed by atoms with Crippen molar-refractivity contribution in [2.45, 2.75) is 25.3 Å². The normalized spacial score (nSPS) is 24.3. The van der Waals surface area contributed by atoms with Crippen molar-refractivity contribution >= 4 is 5.78 Å². The quantitative estimate of drug-likeness (QED) is 0.929. The molecule has 0 aromatic heterocycles. The number of nitriles is 1. The lowest BCUT2D eigenvalue weighted by Crippen LogP contribution is -2.45. The molecule has 0 radical (unpaired) electrons. The molecule has 1 aliphatic carbocycles. The highest BCUT2D eigenvalue weighted by Gasteiger charge is 2.30. The van der Waals surface area contributed by atoms with E-state index in [2.05, 4.69) is 11.0 Å². The van der Waals surface area contributed by atoms with Crippen LogP contribution in [0.4, 0.5) is 0 Å². The van der Waals surface area contributed by atoms with Gasteiger partial charge in [-0.05, 0) is 43.0 Å². The highest BCUT2D eigenvalue weighted by atomic mass is 16.1. The topological polar surface area (TPSA) is 70.1 Å². The van der Waals surface area contributed by atoms with Crippen LogP contribution in [0.1, 0.15) is 24.0 Å². The minimum absolute atomic E-state index is 0.106. The average Bonchev–Trinajstić information content (AvgIpc) is 2.57. The molecule has 1 aromatic carbocycles. The fourth-order valence-corrected chi connectivity index (χ4v) is 3.42. The van der Waals surface area contributed by atoms with Crippen molar-refractivity contribution < 1.29 is 4.79 Å². The summed E-state index contributed by atoms with van der Waals surface area (Å²) in [6.45, 7) is 1.74. The number of rotatable bonds is 3. The van der Waals surface area contributed by atoms with Crippen LogP contribution in [-0.4, -0.2) is 29.8 Å². The maximum absolute atomic E-state index is 12.5. The van der Waals surface area contributed by atoms with E-state index in [0.29, 0.717) is 12.0 Å².